The molecule has 0 fully saturated rings. The lowest BCUT2D eigenvalue weighted by Crippen LogP contribution is -2.26. The van der Waals surface area contributed by atoms with Crippen LogP contribution in [0.1, 0.15) is 12.0 Å². The number of para-hydroxylation sites is 1. The maximum atomic E-state index is 12.1. The van der Waals surface area contributed by atoms with Gasteiger partial charge in [0, 0.05) is 41.9 Å². The third-order valence-corrected chi connectivity index (χ3v) is 4.38. The number of hydrogen-bond acceptors (Lipinski definition) is 3. The number of fused-ring (bicyclic) bond motifs is 1. The summed E-state index contributed by atoms with van der Waals surface area (Å²) in [4.78, 5) is 14.4. The summed E-state index contributed by atoms with van der Waals surface area (Å²) in [6.07, 6.45) is 7.31. The van der Waals surface area contributed by atoms with Crippen LogP contribution in [0.5, 0.6) is 0 Å². The molecule has 120 valence electrons. The fraction of sp³-hybridized carbons (Fsp3) is 0.150. The minimum Gasteiger partial charge on any atom is -0.367 e. The molecule has 0 aromatic heterocycles. The third-order valence-electron chi connectivity index (χ3n) is 4.38. The number of nitrogens with one attached hydrogen (secondary N) is 2. The highest BCUT2D eigenvalue weighted by atomic mass is 16.2. The van der Waals surface area contributed by atoms with E-state index in [0.29, 0.717) is 5.57 Å². The fourth-order valence-corrected chi connectivity index (χ4v) is 3.08. The maximum absolute atomic E-state index is 12.1. The van der Waals surface area contributed by atoms with Crippen LogP contribution < -0.4 is 15.5 Å². The number of hydrogen-bond donors (Lipinski definition) is 2. The number of rotatable bonds is 3. The predicted molar refractivity (Wildman–Crippen MR) is 99.1 cm³/mol. The SMILES string of the molecule is O=C1Nc2ccccc2/C1=C\Nc1ccc(N2CC=CCC2)cc1. The second-order valence-electron chi connectivity index (χ2n) is 5.96. The molecule has 2 aliphatic heterocycles. The molecule has 2 aliphatic rings. The molecule has 0 bridgehead atoms. The first kappa shape index (κ1) is 14.6. The first-order chi connectivity index (χ1) is 11.8. The van der Waals surface area contributed by atoms with Gasteiger partial charge in [-0.1, -0.05) is 30.4 Å². The van der Waals surface area contributed by atoms with Gasteiger partial charge in [-0.15, -0.1) is 0 Å². The molecular formula is C20H19N3O. The van der Waals surface area contributed by atoms with Gasteiger partial charge < -0.3 is 15.5 Å². The van der Waals surface area contributed by atoms with Crippen LogP contribution in [0.25, 0.3) is 5.57 Å². The van der Waals surface area contributed by atoms with Gasteiger partial charge in [-0.2, -0.15) is 0 Å². The van der Waals surface area contributed by atoms with Gasteiger partial charge in [-0.05, 0) is 36.8 Å². The number of carbonyl (C=O) groups is 1. The summed E-state index contributed by atoms with van der Waals surface area (Å²) in [6, 6.07) is 16.0. The molecule has 1 amide bonds. The molecule has 0 atom stereocenters. The van der Waals surface area contributed by atoms with Crippen molar-refractivity contribution in [2.24, 2.45) is 0 Å². The Morgan fingerprint density at radius 2 is 1.88 bits per heavy atom. The molecule has 4 rings (SSSR count). The predicted octanol–water partition coefficient (Wildman–Crippen LogP) is 3.86. The largest absolute Gasteiger partial charge is 0.367 e. The average molecular weight is 317 g/mol. The zero-order valence-electron chi connectivity index (χ0n) is 13.3. The monoisotopic (exact) mass is 317 g/mol. The summed E-state index contributed by atoms with van der Waals surface area (Å²) in [6.45, 7) is 2.03. The third kappa shape index (κ3) is 2.78. The number of carbonyl (C=O) groups excluding carboxylic acids is 1. The summed E-state index contributed by atoms with van der Waals surface area (Å²) in [5.74, 6) is -0.0691. The summed E-state index contributed by atoms with van der Waals surface area (Å²) in [5, 5.41) is 6.11. The van der Waals surface area contributed by atoms with Crippen LogP contribution in [0.3, 0.4) is 0 Å². The number of benzene rings is 2. The zero-order chi connectivity index (χ0) is 16.4. The lowest BCUT2D eigenvalue weighted by Gasteiger charge is -2.25. The van der Waals surface area contributed by atoms with Gasteiger partial charge in [-0.25, -0.2) is 0 Å². The Balaban J connectivity index is 1.50. The summed E-state index contributed by atoms with van der Waals surface area (Å²) >= 11 is 0. The molecule has 2 N–H and O–H groups in total. The van der Waals surface area contributed by atoms with E-state index in [2.05, 4.69) is 39.8 Å². The highest BCUT2D eigenvalue weighted by Gasteiger charge is 2.23. The van der Waals surface area contributed by atoms with E-state index in [1.54, 1.807) is 6.20 Å². The molecule has 0 spiro atoms. The van der Waals surface area contributed by atoms with Crippen molar-refractivity contribution >= 4 is 28.5 Å². The van der Waals surface area contributed by atoms with Crippen molar-refractivity contribution in [2.75, 3.05) is 28.6 Å². The molecule has 2 aromatic carbocycles. The highest BCUT2D eigenvalue weighted by Crippen LogP contribution is 2.31. The lowest BCUT2D eigenvalue weighted by atomic mass is 10.1. The quantitative estimate of drug-likeness (QED) is 0.667. The molecule has 0 radical (unpaired) electrons. The van der Waals surface area contributed by atoms with Crippen LogP contribution in [0.2, 0.25) is 0 Å². The second kappa shape index (κ2) is 6.24. The first-order valence-corrected chi connectivity index (χ1v) is 8.19. The number of nitrogens with zero attached hydrogens (tertiary/aromatic N) is 1. The van der Waals surface area contributed by atoms with Crippen LogP contribution >= 0.6 is 0 Å². The topological polar surface area (TPSA) is 44.4 Å². The Morgan fingerprint density at radius 3 is 2.67 bits per heavy atom. The molecule has 4 heteroatoms. The van der Waals surface area contributed by atoms with Gasteiger partial charge in [0.15, 0.2) is 0 Å². The van der Waals surface area contributed by atoms with Gasteiger partial charge in [0.1, 0.15) is 0 Å². The van der Waals surface area contributed by atoms with Crippen molar-refractivity contribution in [1.29, 1.82) is 0 Å². The first-order valence-electron chi connectivity index (χ1n) is 8.19. The van der Waals surface area contributed by atoms with E-state index in [-0.39, 0.29) is 5.91 Å². The summed E-state index contributed by atoms with van der Waals surface area (Å²) < 4.78 is 0. The van der Waals surface area contributed by atoms with E-state index in [1.165, 1.54) is 5.69 Å². The van der Waals surface area contributed by atoms with Gasteiger partial charge in [0.05, 0.1) is 5.57 Å². The summed E-state index contributed by atoms with van der Waals surface area (Å²) in [5.41, 5.74) is 4.66. The minimum atomic E-state index is -0.0691. The fourth-order valence-electron chi connectivity index (χ4n) is 3.08. The number of amides is 1. The number of anilines is 3. The van der Waals surface area contributed by atoms with Gasteiger partial charge in [-0.3, -0.25) is 4.79 Å². The van der Waals surface area contributed by atoms with Crippen molar-refractivity contribution in [3.8, 4) is 0 Å². The molecular weight excluding hydrogens is 298 g/mol. The van der Waals surface area contributed by atoms with Crippen molar-refractivity contribution in [1.82, 2.24) is 0 Å². The Hall–Kier alpha value is -3.01. The van der Waals surface area contributed by atoms with Crippen molar-refractivity contribution in [3.63, 3.8) is 0 Å². The smallest absolute Gasteiger partial charge is 0.257 e. The zero-order valence-corrected chi connectivity index (χ0v) is 13.3. The molecule has 0 saturated carbocycles. The van der Waals surface area contributed by atoms with E-state index in [1.807, 2.05) is 36.4 Å². The Bertz CT molecular complexity index is 821. The van der Waals surface area contributed by atoms with Crippen LogP contribution in [0, 0.1) is 0 Å². The molecule has 2 aromatic rings. The Labute approximate surface area is 141 Å². The molecule has 0 saturated heterocycles. The van der Waals surface area contributed by atoms with Crippen molar-refractivity contribution in [2.45, 2.75) is 6.42 Å². The second-order valence-corrected chi connectivity index (χ2v) is 5.96. The minimum absolute atomic E-state index is 0.0691. The van der Waals surface area contributed by atoms with E-state index in [4.69, 9.17) is 0 Å². The Morgan fingerprint density at radius 1 is 1.04 bits per heavy atom. The highest BCUT2D eigenvalue weighted by molar-refractivity contribution is 6.31. The average Bonchev–Trinajstić information content (AvgIpc) is 2.96. The standard InChI is InChI=1S/C20H19N3O/c24-20-18(17-6-2-3-7-19(17)22-20)14-21-15-8-10-16(11-9-15)23-12-4-1-5-13-23/h1-4,6-11,14,21H,5,12-13H2,(H,22,24)/b18-14+. The summed E-state index contributed by atoms with van der Waals surface area (Å²) in [7, 11) is 0. The van der Waals surface area contributed by atoms with E-state index < -0.39 is 0 Å². The van der Waals surface area contributed by atoms with Crippen molar-refractivity contribution in [3.05, 3.63) is 72.4 Å². The van der Waals surface area contributed by atoms with E-state index in [9.17, 15) is 4.79 Å². The van der Waals surface area contributed by atoms with Crippen LogP contribution in [-0.4, -0.2) is 19.0 Å². The molecule has 0 unspecified atom stereocenters. The Kier molecular flexibility index (Phi) is 3.79. The van der Waals surface area contributed by atoms with Gasteiger partial charge >= 0.3 is 0 Å². The molecule has 2 heterocycles. The molecule has 24 heavy (non-hydrogen) atoms. The van der Waals surface area contributed by atoms with Crippen molar-refractivity contribution < 1.29 is 4.79 Å². The van der Waals surface area contributed by atoms with E-state index in [0.717, 1.165) is 36.4 Å². The van der Waals surface area contributed by atoms with Crippen LogP contribution in [-0.2, 0) is 4.79 Å². The maximum Gasteiger partial charge on any atom is 0.257 e. The van der Waals surface area contributed by atoms with Gasteiger partial charge in [0.25, 0.3) is 5.91 Å². The van der Waals surface area contributed by atoms with Crippen LogP contribution in [0.15, 0.2) is 66.9 Å². The lowest BCUT2D eigenvalue weighted by molar-refractivity contribution is -0.110. The normalized spacial score (nSPS) is 17.8. The van der Waals surface area contributed by atoms with Gasteiger partial charge in [0.2, 0.25) is 0 Å². The molecule has 0 aliphatic carbocycles. The molecule has 4 nitrogen and oxygen atoms in total. The van der Waals surface area contributed by atoms with Crippen LogP contribution in [0.4, 0.5) is 17.1 Å². The van der Waals surface area contributed by atoms with E-state index >= 15 is 0 Å².